The molecule has 3 aromatic rings. The second kappa shape index (κ2) is 5.71. The molecule has 1 aromatic heterocycles. The Morgan fingerprint density at radius 3 is 2.67 bits per heavy atom. The van der Waals surface area contributed by atoms with Gasteiger partial charge < -0.3 is 14.5 Å². The largest absolute Gasteiger partial charge is 0.497 e. The van der Waals surface area contributed by atoms with Gasteiger partial charge in [-0.25, -0.2) is 0 Å². The summed E-state index contributed by atoms with van der Waals surface area (Å²) in [5.41, 5.74) is 6.02. The van der Waals surface area contributed by atoms with E-state index < -0.39 is 0 Å². The van der Waals surface area contributed by atoms with Crippen molar-refractivity contribution in [3.63, 3.8) is 0 Å². The Kier molecular flexibility index (Phi) is 3.53. The maximum atomic E-state index is 5.33. The van der Waals surface area contributed by atoms with Gasteiger partial charge in [0.25, 0.3) is 0 Å². The monoisotopic (exact) mass is 319 g/mol. The van der Waals surface area contributed by atoms with Crippen molar-refractivity contribution >= 4 is 22.3 Å². The molecule has 4 heteroatoms. The van der Waals surface area contributed by atoms with Gasteiger partial charge in [0.05, 0.1) is 36.9 Å². The van der Waals surface area contributed by atoms with E-state index >= 15 is 0 Å². The second-order valence-electron chi connectivity index (χ2n) is 6.40. The van der Waals surface area contributed by atoms with Gasteiger partial charge in [-0.1, -0.05) is 29.8 Å². The highest BCUT2D eigenvalue weighted by molar-refractivity contribution is 6.00. The van der Waals surface area contributed by atoms with Gasteiger partial charge in [0.15, 0.2) is 0 Å². The molecule has 4 rings (SSSR count). The molecule has 0 fully saturated rings. The van der Waals surface area contributed by atoms with Crippen LogP contribution in [-0.4, -0.2) is 25.8 Å². The lowest BCUT2D eigenvalue weighted by atomic mass is 10.1. The standard InChI is InChI=1S/C20H21N3O/c1-14-4-6-15(7-5-14)12-23-13-22(2)19-11-21-18-10-16(24-3)8-9-17(18)20(19)23/h4-11H,12-13H2,1-3H3. The number of anilines is 2. The molecular weight excluding hydrogens is 298 g/mol. The summed E-state index contributed by atoms with van der Waals surface area (Å²) in [6.07, 6.45) is 1.96. The Morgan fingerprint density at radius 1 is 1.12 bits per heavy atom. The average molecular weight is 319 g/mol. The zero-order chi connectivity index (χ0) is 16.7. The van der Waals surface area contributed by atoms with Crippen molar-refractivity contribution in [2.75, 3.05) is 30.6 Å². The molecule has 0 spiro atoms. The maximum Gasteiger partial charge on any atom is 0.121 e. The van der Waals surface area contributed by atoms with Crippen molar-refractivity contribution in [2.45, 2.75) is 13.5 Å². The van der Waals surface area contributed by atoms with Crippen molar-refractivity contribution in [3.8, 4) is 5.75 Å². The molecular formula is C20H21N3O. The molecule has 1 aliphatic rings. The number of ether oxygens (including phenoxy) is 1. The molecule has 2 aromatic carbocycles. The topological polar surface area (TPSA) is 28.6 Å². The van der Waals surface area contributed by atoms with Crippen LogP contribution in [0.5, 0.6) is 5.75 Å². The third-order valence-electron chi connectivity index (χ3n) is 4.63. The van der Waals surface area contributed by atoms with Crippen LogP contribution in [0.25, 0.3) is 10.9 Å². The summed E-state index contributed by atoms with van der Waals surface area (Å²) < 4.78 is 5.33. The van der Waals surface area contributed by atoms with Crippen molar-refractivity contribution in [1.29, 1.82) is 0 Å². The van der Waals surface area contributed by atoms with E-state index in [1.54, 1.807) is 7.11 Å². The van der Waals surface area contributed by atoms with Gasteiger partial charge in [-0.2, -0.15) is 0 Å². The van der Waals surface area contributed by atoms with E-state index in [1.807, 2.05) is 18.3 Å². The van der Waals surface area contributed by atoms with Crippen LogP contribution < -0.4 is 14.5 Å². The second-order valence-corrected chi connectivity index (χ2v) is 6.40. The smallest absolute Gasteiger partial charge is 0.121 e. The highest BCUT2D eigenvalue weighted by Crippen LogP contribution is 2.41. The normalized spacial score (nSPS) is 13.5. The molecule has 0 saturated carbocycles. The van der Waals surface area contributed by atoms with Gasteiger partial charge in [-0.3, -0.25) is 4.98 Å². The van der Waals surface area contributed by atoms with Crippen LogP contribution in [0, 0.1) is 6.92 Å². The van der Waals surface area contributed by atoms with E-state index in [9.17, 15) is 0 Å². The third-order valence-corrected chi connectivity index (χ3v) is 4.63. The van der Waals surface area contributed by atoms with E-state index in [0.717, 1.165) is 24.5 Å². The zero-order valence-corrected chi connectivity index (χ0v) is 14.3. The summed E-state index contributed by atoms with van der Waals surface area (Å²) in [5.74, 6) is 0.839. The molecule has 0 atom stereocenters. The Balaban J connectivity index is 1.78. The summed E-state index contributed by atoms with van der Waals surface area (Å²) in [5, 5.41) is 1.17. The molecule has 2 heterocycles. The van der Waals surface area contributed by atoms with Crippen molar-refractivity contribution in [1.82, 2.24) is 4.98 Å². The van der Waals surface area contributed by atoms with Crippen LogP contribution >= 0.6 is 0 Å². The number of hydrogen-bond donors (Lipinski definition) is 0. The van der Waals surface area contributed by atoms with Crippen LogP contribution in [0.15, 0.2) is 48.7 Å². The fourth-order valence-corrected chi connectivity index (χ4v) is 3.33. The van der Waals surface area contributed by atoms with Crippen LogP contribution in [0.2, 0.25) is 0 Å². The fourth-order valence-electron chi connectivity index (χ4n) is 3.33. The van der Waals surface area contributed by atoms with E-state index in [1.165, 1.54) is 27.9 Å². The first-order chi connectivity index (χ1) is 11.7. The van der Waals surface area contributed by atoms with Gasteiger partial charge >= 0.3 is 0 Å². The van der Waals surface area contributed by atoms with Crippen molar-refractivity contribution < 1.29 is 4.74 Å². The molecule has 0 aliphatic carbocycles. The minimum absolute atomic E-state index is 0.839. The molecule has 0 unspecified atom stereocenters. The lowest BCUT2D eigenvalue weighted by Gasteiger charge is -2.20. The van der Waals surface area contributed by atoms with E-state index in [4.69, 9.17) is 4.74 Å². The number of methoxy groups -OCH3 is 1. The number of benzene rings is 2. The Bertz CT molecular complexity index is 889. The highest BCUT2D eigenvalue weighted by atomic mass is 16.5. The Hall–Kier alpha value is -2.75. The first-order valence-electron chi connectivity index (χ1n) is 8.14. The van der Waals surface area contributed by atoms with Crippen LogP contribution in [0.1, 0.15) is 11.1 Å². The molecule has 0 saturated heterocycles. The number of nitrogens with zero attached hydrogens (tertiary/aromatic N) is 3. The molecule has 24 heavy (non-hydrogen) atoms. The molecule has 0 bridgehead atoms. The molecule has 0 N–H and O–H groups in total. The third kappa shape index (κ3) is 2.44. The predicted octanol–water partition coefficient (Wildman–Crippen LogP) is 3.97. The summed E-state index contributed by atoms with van der Waals surface area (Å²) in [6, 6.07) is 14.9. The molecule has 0 amide bonds. The van der Waals surface area contributed by atoms with Gasteiger partial charge in [-0.05, 0) is 24.6 Å². The Labute approximate surface area is 142 Å². The molecule has 0 radical (unpaired) electrons. The number of rotatable bonds is 3. The number of pyridine rings is 1. The average Bonchev–Trinajstić information content (AvgIpc) is 2.92. The van der Waals surface area contributed by atoms with Gasteiger partial charge in [0.2, 0.25) is 0 Å². The number of aromatic nitrogens is 1. The minimum Gasteiger partial charge on any atom is -0.497 e. The zero-order valence-electron chi connectivity index (χ0n) is 14.3. The summed E-state index contributed by atoms with van der Waals surface area (Å²) in [6.45, 7) is 3.88. The van der Waals surface area contributed by atoms with Gasteiger partial charge in [0.1, 0.15) is 5.75 Å². The summed E-state index contributed by atoms with van der Waals surface area (Å²) >= 11 is 0. The van der Waals surface area contributed by atoms with Crippen LogP contribution in [0.4, 0.5) is 11.4 Å². The Morgan fingerprint density at radius 2 is 1.92 bits per heavy atom. The van der Waals surface area contributed by atoms with Crippen LogP contribution in [-0.2, 0) is 6.54 Å². The molecule has 1 aliphatic heterocycles. The first-order valence-corrected chi connectivity index (χ1v) is 8.14. The highest BCUT2D eigenvalue weighted by Gasteiger charge is 2.26. The van der Waals surface area contributed by atoms with E-state index in [-0.39, 0.29) is 0 Å². The minimum atomic E-state index is 0.839. The number of fused-ring (bicyclic) bond motifs is 3. The van der Waals surface area contributed by atoms with E-state index in [0.29, 0.717) is 0 Å². The van der Waals surface area contributed by atoms with Crippen molar-refractivity contribution in [2.24, 2.45) is 0 Å². The number of hydrogen-bond acceptors (Lipinski definition) is 4. The fraction of sp³-hybridized carbons (Fsp3) is 0.250. The summed E-state index contributed by atoms with van der Waals surface area (Å²) in [7, 11) is 3.80. The van der Waals surface area contributed by atoms with E-state index in [2.05, 4.69) is 59.1 Å². The molecule has 122 valence electrons. The van der Waals surface area contributed by atoms with Crippen LogP contribution in [0.3, 0.4) is 0 Å². The number of aryl methyl sites for hydroxylation is 1. The molecule has 4 nitrogen and oxygen atoms in total. The predicted molar refractivity (Wildman–Crippen MR) is 98.9 cm³/mol. The van der Waals surface area contributed by atoms with Crippen molar-refractivity contribution in [3.05, 3.63) is 59.8 Å². The SMILES string of the molecule is COc1ccc2c3c(cnc2c1)N(C)CN3Cc1ccc(C)cc1. The lowest BCUT2D eigenvalue weighted by Crippen LogP contribution is -2.27. The maximum absolute atomic E-state index is 5.33. The lowest BCUT2D eigenvalue weighted by molar-refractivity contribution is 0.415. The van der Waals surface area contributed by atoms with Gasteiger partial charge in [0, 0.05) is 25.0 Å². The van der Waals surface area contributed by atoms with Gasteiger partial charge in [-0.15, -0.1) is 0 Å². The first kappa shape index (κ1) is 14.8. The summed E-state index contributed by atoms with van der Waals surface area (Å²) in [4.78, 5) is 9.28. The quantitative estimate of drug-likeness (QED) is 0.730.